The topological polar surface area (TPSA) is 18.5 Å². The Morgan fingerprint density at radius 2 is 1.79 bits per heavy atom. The van der Waals surface area contributed by atoms with Crippen LogP contribution in [0.3, 0.4) is 0 Å². The highest BCUT2D eigenvalue weighted by atomic mass is 35.5. The van der Waals surface area contributed by atoms with Gasteiger partial charge in [0.2, 0.25) is 0 Å². The molecule has 0 amide bonds. The van der Waals surface area contributed by atoms with Crippen molar-refractivity contribution in [3.63, 3.8) is 0 Å². The number of benzene rings is 2. The number of alkyl halides is 3. The van der Waals surface area contributed by atoms with Gasteiger partial charge in [-0.25, -0.2) is 4.39 Å². The molecule has 0 unspecified atom stereocenters. The van der Waals surface area contributed by atoms with Crippen molar-refractivity contribution in [2.45, 2.75) is 12.7 Å². The second-order valence-corrected chi connectivity index (χ2v) is 7.30. The van der Waals surface area contributed by atoms with Crippen molar-refractivity contribution in [2.24, 2.45) is 0 Å². The number of hydrogen-bond donors (Lipinski definition) is 1. The number of nitrogens with one attached hydrogen (secondary N) is 1. The Kier molecular flexibility index (Phi) is 6.42. The van der Waals surface area contributed by atoms with E-state index in [0.717, 1.165) is 17.7 Å². The summed E-state index contributed by atoms with van der Waals surface area (Å²) in [4.78, 5) is 4.08. The third kappa shape index (κ3) is 5.33. The van der Waals surface area contributed by atoms with Crippen LogP contribution < -0.4 is 5.32 Å². The minimum atomic E-state index is -4.40. The van der Waals surface area contributed by atoms with Crippen molar-refractivity contribution in [1.82, 2.24) is 9.80 Å². The van der Waals surface area contributed by atoms with Crippen LogP contribution in [0.25, 0.3) is 0 Å². The fourth-order valence-electron chi connectivity index (χ4n) is 2.98. The smallest absolute Gasteiger partial charge is 0.346 e. The molecule has 2 aromatic carbocycles. The number of halogens is 5. The standard InChI is InChI=1S/C19H18ClF4N3S/c20-17-11-15(21)5-4-13(17)12-26-6-8-27(9-7-26)18(28)25-16-3-1-2-14(10-16)19(22,23)24/h1-5,10-11H,6-9,12H2,(H,25,28). The van der Waals surface area contributed by atoms with Gasteiger partial charge in [-0.05, 0) is 48.1 Å². The van der Waals surface area contributed by atoms with E-state index in [-0.39, 0.29) is 5.82 Å². The van der Waals surface area contributed by atoms with E-state index in [1.165, 1.54) is 18.2 Å². The average molecular weight is 432 g/mol. The SMILES string of the molecule is Fc1ccc(CN2CCN(C(=S)Nc3cccc(C(F)(F)F)c3)CC2)c(Cl)c1. The first kappa shape index (κ1) is 20.8. The molecule has 150 valence electrons. The molecule has 9 heteroatoms. The fourth-order valence-corrected chi connectivity index (χ4v) is 3.50. The van der Waals surface area contributed by atoms with Crippen molar-refractivity contribution >= 4 is 34.6 Å². The van der Waals surface area contributed by atoms with Crippen LogP contribution in [0.4, 0.5) is 23.2 Å². The van der Waals surface area contributed by atoms with Gasteiger partial charge < -0.3 is 10.2 Å². The van der Waals surface area contributed by atoms with E-state index >= 15 is 0 Å². The van der Waals surface area contributed by atoms with Gasteiger partial charge >= 0.3 is 6.18 Å². The van der Waals surface area contributed by atoms with Gasteiger partial charge in [-0.2, -0.15) is 13.2 Å². The zero-order chi connectivity index (χ0) is 20.3. The van der Waals surface area contributed by atoms with Crippen LogP contribution in [0.2, 0.25) is 5.02 Å². The largest absolute Gasteiger partial charge is 0.416 e. The van der Waals surface area contributed by atoms with Gasteiger partial charge in [-0.3, -0.25) is 4.90 Å². The van der Waals surface area contributed by atoms with E-state index in [4.69, 9.17) is 23.8 Å². The molecule has 0 aromatic heterocycles. The highest BCUT2D eigenvalue weighted by Gasteiger charge is 2.30. The van der Waals surface area contributed by atoms with Gasteiger partial charge in [0.1, 0.15) is 5.82 Å². The molecule has 0 atom stereocenters. The lowest BCUT2D eigenvalue weighted by molar-refractivity contribution is -0.137. The second kappa shape index (κ2) is 8.63. The molecular weight excluding hydrogens is 414 g/mol. The fraction of sp³-hybridized carbons (Fsp3) is 0.316. The van der Waals surface area contributed by atoms with Crippen molar-refractivity contribution in [3.05, 3.63) is 64.4 Å². The number of rotatable bonds is 3. The lowest BCUT2D eigenvalue weighted by Gasteiger charge is -2.36. The molecule has 0 aliphatic carbocycles. The normalized spacial score (nSPS) is 15.5. The Morgan fingerprint density at radius 1 is 1.07 bits per heavy atom. The second-order valence-electron chi connectivity index (χ2n) is 6.51. The molecule has 3 rings (SSSR count). The molecular formula is C19H18ClF4N3S. The Bertz CT molecular complexity index is 851. The number of piperazine rings is 1. The lowest BCUT2D eigenvalue weighted by Crippen LogP contribution is -2.49. The first-order valence-electron chi connectivity index (χ1n) is 8.62. The summed E-state index contributed by atoms with van der Waals surface area (Å²) in [6.45, 7) is 3.27. The number of thiocarbonyl (C=S) groups is 1. The molecule has 0 saturated carbocycles. The van der Waals surface area contributed by atoms with Crippen molar-refractivity contribution in [2.75, 3.05) is 31.5 Å². The maximum Gasteiger partial charge on any atom is 0.416 e. The minimum absolute atomic E-state index is 0.306. The predicted molar refractivity (Wildman–Crippen MR) is 106 cm³/mol. The molecule has 1 fully saturated rings. The van der Waals surface area contributed by atoms with Crippen LogP contribution in [0.5, 0.6) is 0 Å². The van der Waals surface area contributed by atoms with Crippen LogP contribution >= 0.6 is 23.8 Å². The van der Waals surface area contributed by atoms with Gasteiger partial charge in [0.05, 0.1) is 5.56 Å². The lowest BCUT2D eigenvalue weighted by atomic mass is 10.2. The van der Waals surface area contributed by atoms with Gasteiger partial charge in [0.15, 0.2) is 5.11 Å². The first-order valence-corrected chi connectivity index (χ1v) is 9.40. The molecule has 1 aliphatic rings. The quantitative estimate of drug-likeness (QED) is 0.543. The summed E-state index contributed by atoms with van der Waals surface area (Å²) in [7, 11) is 0. The van der Waals surface area contributed by atoms with Crippen LogP contribution in [0.1, 0.15) is 11.1 Å². The van der Waals surface area contributed by atoms with Gasteiger partial charge in [-0.1, -0.05) is 23.7 Å². The first-order chi connectivity index (χ1) is 13.2. The summed E-state index contributed by atoms with van der Waals surface area (Å²) in [5.41, 5.74) is 0.433. The predicted octanol–water partition coefficient (Wildman–Crippen LogP) is 5.01. The van der Waals surface area contributed by atoms with Crippen LogP contribution in [-0.4, -0.2) is 41.1 Å². The zero-order valence-electron chi connectivity index (χ0n) is 14.8. The van der Waals surface area contributed by atoms with E-state index in [0.29, 0.717) is 48.5 Å². The van der Waals surface area contributed by atoms with Crippen LogP contribution in [0.15, 0.2) is 42.5 Å². The molecule has 0 spiro atoms. The molecule has 0 radical (unpaired) electrons. The van der Waals surface area contributed by atoms with E-state index in [1.807, 2.05) is 4.90 Å². The Labute approximate surface area is 170 Å². The van der Waals surface area contributed by atoms with E-state index in [1.54, 1.807) is 12.1 Å². The van der Waals surface area contributed by atoms with Crippen molar-refractivity contribution in [1.29, 1.82) is 0 Å². The zero-order valence-corrected chi connectivity index (χ0v) is 16.3. The highest BCUT2D eigenvalue weighted by molar-refractivity contribution is 7.80. The molecule has 3 nitrogen and oxygen atoms in total. The Hall–Kier alpha value is -1.90. The van der Waals surface area contributed by atoms with Gasteiger partial charge in [0, 0.05) is 43.4 Å². The molecule has 1 N–H and O–H groups in total. The number of hydrogen-bond acceptors (Lipinski definition) is 2. The van der Waals surface area contributed by atoms with Gasteiger partial charge in [-0.15, -0.1) is 0 Å². The van der Waals surface area contributed by atoms with Gasteiger partial charge in [0.25, 0.3) is 0 Å². The molecule has 1 aliphatic heterocycles. The molecule has 1 saturated heterocycles. The van der Waals surface area contributed by atoms with E-state index in [2.05, 4.69) is 10.2 Å². The molecule has 1 heterocycles. The van der Waals surface area contributed by atoms with E-state index < -0.39 is 11.7 Å². The highest BCUT2D eigenvalue weighted by Crippen LogP contribution is 2.30. The number of anilines is 1. The summed E-state index contributed by atoms with van der Waals surface area (Å²) in [6.07, 6.45) is -4.40. The van der Waals surface area contributed by atoms with Crippen LogP contribution in [0, 0.1) is 5.82 Å². The summed E-state index contributed by atoms with van der Waals surface area (Å²) < 4.78 is 51.6. The van der Waals surface area contributed by atoms with Crippen molar-refractivity contribution in [3.8, 4) is 0 Å². The summed E-state index contributed by atoms with van der Waals surface area (Å²) in [5, 5.41) is 3.66. The maximum atomic E-state index is 13.1. The third-order valence-corrected chi connectivity index (χ3v) is 5.22. The summed E-state index contributed by atoms with van der Waals surface area (Å²) in [5.74, 6) is -0.371. The molecule has 0 bridgehead atoms. The monoisotopic (exact) mass is 431 g/mol. The third-order valence-electron chi connectivity index (χ3n) is 4.51. The molecule has 28 heavy (non-hydrogen) atoms. The summed E-state index contributed by atoms with van der Waals surface area (Å²) in [6, 6.07) is 9.30. The number of nitrogens with zero attached hydrogens (tertiary/aromatic N) is 2. The maximum absolute atomic E-state index is 13.1. The van der Waals surface area contributed by atoms with E-state index in [9.17, 15) is 17.6 Å². The minimum Gasteiger partial charge on any atom is -0.346 e. The van der Waals surface area contributed by atoms with Crippen LogP contribution in [-0.2, 0) is 12.7 Å². The average Bonchev–Trinajstić information content (AvgIpc) is 2.64. The Morgan fingerprint density at radius 3 is 2.43 bits per heavy atom. The molecule has 2 aromatic rings. The summed E-state index contributed by atoms with van der Waals surface area (Å²) >= 11 is 11.4. The van der Waals surface area contributed by atoms with Crippen molar-refractivity contribution < 1.29 is 17.6 Å². The Balaban J connectivity index is 1.54.